The fourth-order valence-electron chi connectivity index (χ4n) is 7.93. The van der Waals surface area contributed by atoms with Gasteiger partial charge in [-0.1, -0.05) is 107 Å². The summed E-state index contributed by atoms with van der Waals surface area (Å²) in [6.45, 7) is 29.3. The third-order valence-corrected chi connectivity index (χ3v) is 12.1. The van der Waals surface area contributed by atoms with Crippen LogP contribution in [0.25, 0.3) is 22.3 Å². The Morgan fingerprint density at radius 2 is 0.812 bits per heavy atom. The first-order chi connectivity index (χ1) is 32.0. The van der Waals surface area contributed by atoms with Crippen LogP contribution in [-0.4, -0.2) is 36.0 Å². The molecule has 6 aromatic rings. The summed E-state index contributed by atoms with van der Waals surface area (Å²) >= 11 is 0. The number of carbonyl (C=O) groups excluding carboxylic acids is 2. The molecule has 2 atom stereocenters. The maximum absolute atomic E-state index is 15.3. The number of hydrogen-bond acceptors (Lipinski definition) is 6. The molecule has 69 heavy (non-hydrogen) atoms. The van der Waals surface area contributed by atoms with Gasteiger partial charge in [0.25, 0.3) is 0 Å². The van der Waals surface area contributed by atoms with Gasteiger partial charge < -0.3 is 29.3 Å². The Kier molecular flexibility index (Phi) is 21.2. The van der Waals surface area contributed by atoms with Gasteiger partial charge in [-0.05, 0) is 107 Å². The summed E-state index contributed by atoms with van der Waals surface area (Å²) in [4.78, 5) is 19.8. The van der Waals surface area contributed by atoms with E-state index < -0.39 is 11.6 Å². The fraction of sp³-hybridized carbons (Fsp3) is 0.367. The molecule has 364 valence electrons. The second-order valence-electron chi connectivity index (χ2n) is 19.9. The summed E-state index contributed by atoms with van der Waals surface area (Å²) in [6, 6.07) is 31.7. The standard InChI is InChI=1S/C46H60F2O4.2C7H5O.Ti/c1-15-51-43-33(25(3)4)21-31(47)23-39(43)37-19-29(45(9,10)11)17-35(41(37)49)27(7)28(8)36-18-30(46(12,13)14)20-38(42(36)50)40-24-32(48)22-34(26(5)6)44(40)52-16-2;2*8-6-7-4-2-1-3-5-7;/h17-28,49-50H,15-16H2,1-14H3;2*1-5H;/q;2*-1;+2. The predicted molar refractivity (Wildman–Crippen MR) is 274 cm³/mol. The minimum absolute atomic E-state index is 0. The molecule has 0 saturated heterocycles. The van der Waals surface area contributed by atoms with Gasteiger partial charge in [0, 0.05) is 33.4 Å². The molecule has 0 aliphatic carbocycles. The molecule has 2 N–H and O–H groups in total. The van der Waals surface area contributed by atoms with Crippen LogP contribution < -0.4 is 9.47 Å². The summed E-state index contributed by atoms with van der Waals surface area (Å²) in [7, 11) is 0. The third kappa shape index (κ3) is 14.7. The number of halogens is 2. The van der Waals surface area contributed by atoms with Gasteiger partial charge in [0.05, 0.1) is 25.8 Å². The molecule has 6 aromatic carbocycles. The molecule has 0 heterocycles. The summed E-state index contributed by atoms with van der Waals surface area (Å²) in [5.74, 6) is -0.210. The Balaban J connectivity index is 0.000000621. The van der Waals surface area contributed by atoms with E-state index in [0.717, 1.165) is 22.3 Å². The van der Waals surface area contributed by atoms with Gasteiger partial charge in [-0.25, -0.2) is 8.78 Å². The Morgan fingerprint density at radius 3 is 1.06 bits per heavy atom. The van der Waals surface area contributed by atoms with Crippen LogP contribution >= 0.6 is 0 Å². The zero-order chi connectivity index (χ0) is 50.7. The number of phenolic OH excluding ortho intramolecular Hbond substituents is 2. The van der Waals surface area contributed by atoms with Crippen LogP contribution in [-0.2, 0) is 42.1 Å². The Bertz CT molecular complexity index is 2450. The van der Waals surface area contributed by atoms with Crippen molar-refractivity contribution in [2.24, 2.45) is 0 Å². The molecule has 0 radical (unpaired) electrons. The van der Waals surface area contributed by atoms with Gasteiger partial charge in [-0.3, -0.25) is 0 Å². The van der Waals surface area contributed by atoms with E-state index >= 15 is 8.78 Å². The zero-order valence-electron chi connectivity index (χ0n) is 42.9. The summed E-state index contributed by atoms with van der Waals surface area (Å²) < 4.78 is 42.9. The van der Waals surface area contributed by atoms with E-state index in [0.29, 0.717) is 69.2 Å². The van der Waals surface area contributed by atoms with E-state index in [1.807, 2.05) is 91.8 Å². The van der Waals surface area contributed by atoms with Crippen LogP contribution in [0.2, 0.25) is 0 Å². The molecule has 6 nitrogen and oxygen atoms in total. The number of benzene rings is 6. The monoisotopic (exact) mass is 972 g/mol. The predicted octanol–water partition coefficient (Wildman–Crippen LogP) is 15.5. The molecule has 0 saturated carbocycles. The van der Waals surface area contributed by atoms with Crippen molar-refractivity contribution in [3.05, 3.63) is 165 Å². The van der Waals surface area contributed by atoms with E-state index in [-0.39, 0.29) is 67.7 Å². The van der Waals surface area contributed by atoms with Crippen molar-refractivity contribution in [1.29, 1.82) is 0 Å². The van der Waals surface area contributed by atoms with Gasteiger partial charge in [-0.2, -0.15) is 35.4 Å². The van der Waals surface area contributed by atoms with Crippen molar-refractivity contribution in [3.8, 4) is 45.3 Å². The van der Waals surface area contributed by atoms with Crippen LogP contribution in [0, 0.1) is 11.6 Å². The quantitative estimate of drug-likeness (QED) is 0.0885. The number of rotatable bonds is 13. The molecule has 0 aromatic heterocycles. The van der Waals surface area contributed by atoms with Gasteiger partial charge in [0.1, 0.15) is 34.6 Å². The van der Waals surface area contributed by atoms with Crippen LogP contribution in [0.3, 0.4) is 0 Å². The summed E-state index contributed by atoms with van der Waals surface area (Å²) in [5, 5.41) is 24.4. The molecule has 0 spiro atoms. The SMILES string of the molecule is CCOc1c(-c2cc(C(C)(C)C)cc(C(C)C(C)c3cc(C(C)(C)C)cc(-c4cc(F)cc(C(C)C)c4OCC)c3O)c2O)cc(F)cc1C(C)C.O=[C-]c1ccccc1.O=[C-]c1ccccc1.[Ti+2]. The first-order valence-corrected chi connectivity index (χ1v) is 23.5. The van der Waals surface area contributed by atoms with Gasteiger partial charge in [0.15, 0.2) is 0 Å². The molecule has 2 unspecified atom stereocenters. The minimum Gasteiger partial charge on any atom is -0.507 e. The first kappa shape index (κ1) is 57.8. The number of phenols is 2. The van der Waals surface area contributed by atoms with Crippen molar-refractivity contribution >= 4 is 12.6 Å². The number of aromatic hydroxyl groups is 2. The van der Waals surface area contributed by atoms with Crippen molar-refractivity contribution in [1.82, 2.24) is 0 Å². The molecular formula is C60H70F2O6Ti. The van der Waals surface area contributed by atoms with E-state index in [1.165, 1.54) is 24.3 Å². The van der Waals surface area contributed by atoms with Crippen LogP contribution in [0.1, 0.15) is 165 Å². The number of ether oxygens (including phenoxy) is 2. The Hall–Kier alpha value is -5.57. The Morgan fingerprint density at radius 1 is 0.493 bits per heavy atom. The second kappa shape index (κ2) is 25.3. The smallest absolute Gasteiger partial charge is 0.507 e. The van der Waals surface area contributed by atoms with Crippen molar-refractivity contribution in [2.45, 2.75) is 131 Å². The van der Waals surface area contributed by atoms with E-state index in [2.05, 4.69) is 41.5 Å². The van der Waals surface area contributed by atoms with E-state index in [4.69, 9.17) is 9.47 Å². The van der Waals surface area contributed by atoms with Crippen molar-refractivity contribution < 1.29 is 59.8 Å². The Labute approximate surface area is 425 Å². The average Bonchev–Trinajstić information content (AvgIpc) is 3.29. The van der Waals surface area contributed by atoms with E-state index in [1.54, 1.807) is 61.1 Å². The second-order valence-corrected chi connectivity index (χ2v) is 19.9. The molecular weight excluding hydrogens is 903 g/mol. The molecule has 0 aliphatic heterocycles. The first-order valence-electron chi connectivity index (χ1n) is 23.5. The maximum atomic E-state index is 15.3. The van der Waals surface area contributed by atoms with Crippen LogP contribution in [0.5, 0.6) is 23.0 Å². The summed E-state index contributed by atoms with van der Waals surface area (Å²) in [6.07, 6.45) is 3.55. The molecule has 6 rings (SSSR count). The van der Waals surface area contributed by atoms with Gasteiger partial charge >= 0.3 is 21.7 Å². The number of hydrogen-bond donors (Lipinski definition) is 2. The van der Waals surface area contributed by atoms with Crippen molar-refractivity contribution in [2.75, 3.05) is 13.2 Å². The molecule has 0 fully saturated rings. The van der Waals surface area contributed by atoms with Gasteiger partial charge in [0.2, 0.25) is 0 Å². The fourth-order valence-corrected chi connectivity index (χ4v) is 7.93. The normalized spacial score (nSPS) is 12.1. The van der Waals surface area contributed by atoms with E-state index in [9.17, 15) is 19.8 Å². The molecule has 0 bridgehead atoms. The maximum Gasteiger partial charge on any atom is 2.00 e. The van der Waals surface area contributed by atoms with Gasteiger partial charge in [-0.15, -0.1) is 24.3 Å². The molecule has 0 aliphatic rings. The third-order valence-electron chi connectivity index (χ3n) is 12.1. The molecule has 9 heteroatoms. The topological polar surface area (TPSA) is 93.1 Å². The molecule has 0 amide bonds. The average molecular weight is 973 g/mol. The van der Waals surface area contributed by atoms with Crippen molar-refractivity contribution in [3.63, 3.8) is 0 Å². The van der Waals surface area contributed by atoms with Crippen LogP contribution in [0.15, 0.2) is 109 Å². The van der Waals surface area contributed by atoms with Crippen LogP contribution in [0.4, 0.5) is 8.78 Å². The summed E-state index contributed by atoms with van der Waals surface area (Å²) in [5.41, 5.74) is 7.40. The zero-order valence-corrected chi connectivity index (χ0v) is 44.5. The largest absolute Gasteiger partial charge is 2.00 e. The minimum atomic E-state index is -0.397.